The second-order valence-corrected chi connectivity index (χ2v) is 12.7. The van der Waals surface area contributed by atoms with E-state index in [1.807, 2.05) is 24.3 Å². The summed E-state index contributed by atoms with van der Waals surface area (Å²) >= 11 is 6.30. The third-order valence-corrected chi connectivity index (χ3v) is 10.0. The lowest BCUT2D eigenvalue weighted by Gasteiger charge is -2.39. The van der Waals surface area contributed by atoms with E-state index in [0.29, 0.717) is 21.9 Å². The van der Waals surface area contributed by atoms with Crippen LogP contribution in [0.3, 0.4) is 0 Å². The molecule has 3 saturated heterocycles. The molecule has 2 aromatic rings. The van der Waals surface area contributed by atoms with Crippen molar-refractivity contribution in [3.63, 3.8) is 0 Å². The summed E-state index contributed by atoms with van der Waals surface area (Å²) < 4.78 is 6.24. The molecule has 4 aliphatic rings. The number of ether oxygens (including phenoxy) is 1. The Labute approximate surface area is 238 Å². The number of rotatable bonds is 6. The van der Waals surface area contributed by atoms with Crippen molar-refractivity contribution in [1.82, 2.24) is 15.1 Å². The van der Waals surface area contributed by atoms with E-state index in [1.165, 1.54) is 45.1 Å². The fourth-order valence-corrected chi connectivity index (χ4v) is 7.44. The molecule has 0 unspecified atom stereocenters. The van der Waals surface area contributed by atoms with Crippen molar-refractivity contribution in [2.45, 2.75) is 70.3 Å². The van der Waals surface area contributed by atoms with Gasteiger partial charge in [0.25, 0.3) is 0 Å². The van der Waals surface area contributed by atoms with E-state index in [2.05, 4.69) is 37.0 Å². The first kappa shape index (κ1) is 26.7. The largest absolute Gasteiger partial charge is 0.473 e. The van der Waals surface area contributed by atoms with E-state index >= 15 is 0 Å². The third-order valence-electron chi connectivity index (χ3n) is 9.71. The van der Waals surface area contributed by atoms with Gasteiger partial charge in [0.2, 0.25) is 5.88 Å². The summed E-state index contributed by atoms with van der Waals surface area (Å²) in [5.74, 6) is 2.52. The van der Waals surface area contributed by atoms with Gasteiger partial charge in [0.1, 0.15) is 12.2 Å². The zero-order chi connectivity index (χ0) is 26.7. The van der Waals surface area contributed by atoms with Gasteiger partial charge in [0.15, 0.2) is 5.82 Å². The molecule has 1 saturated carbocycles. The molecule has 7 nitrogen and oxygen atoms in total. The quantitative estimate of drug-likeness (QED) is 0.443. The number of piperidine rings is 2. The molecule has 0 bridgehead atoms. The van der Waals surface area contributed by atoms with Crippen LogP contribution in [0, 0.1) is 22.7 Å². The van der Waals surface area contributed by atoms with Gasteiger partial charge in [0, 0.05) is 57.6 Å². The fraction of sp³-hybridized carbons (Fsp3) is 0.645. The minimum atomic E-state index is 0.249. The maximum absolute atomic E-state index is 9.17. The number of halogens is 1. The molecule has 0 radical (unpaired) electrons. The van der Waals surface area contributed by atoms with Crippen molar-refractivity contribution in [3.8, 4) is 11.9 Å². The van der Waals surface area contributed by atoms with Gasteiger partial charge in [-0.2, -0.15) is 5.26 Å². The minimum absolute atomic E-state index is 0.249. The molecule has 1 aromatic carbocycles. The summed E-state index contributed by atoms with van der Waals surface area (Å²) in [6.07, 6.45) is 13.0. The fourth-order valence-electron chi connectivity index (χ4n) is 7.23. The van der Waals surface area contributed by atoms with E-state index in [4.69, 9.17) is 21.6 Å². The van der Waals surface area contributed by atoms with Crippen LogP contribution >= 0.6 is 11.6 Å². The lowest BCUT2D eigenvalue weighted by molar-refractivity contribution is 0.0827. The molecule has 4 fully saturated rings. The van der Waals surface area contributed by atoms with Crippen LogP contribution in [-0.4, -0.2) is 67.0 Å². The van der Waals surface area contributed by atoms with Crippen LogP contribution in [0.1, 0.15) is 69.8 Å². The molecule has 0 N–H and O–H groups in total. The van der Waals surface area contributed by atoms with Crippen LogP contribution in [0.4, 0.5) is 11.5 Å². The summed E-state index contributed by atoms with van der Waals surface area (Å²) in [5, 5.41) is 18.7. The number of nitriles is 1. The smallest absolute Gasteiger partial charge is 0.233 e. The Bertz CT molecular complexity index is 1140. The second kappa shape index (κ2) is 11.9. The predicted molar refractivity (Wildman–Crippen MR) is 156 cm³/mol. The van der Waals surface area contributed by atoms with Gasteiger partial charge in [-0.1, -0.05) is 30.9 Å². The Balaban J connectivity index is 0.957. The second-order valence-electron chi connectivity index (χ2n) is 12.3. The van der Waals surface area contributed by atoms with Gasteiger partial charge in [-0.05, 0) is 80.5 Å². The van der Waals surface area contributed by atoms with E-state index in [9.17, 15) is 0 Å². The zero-order valence-electron chi connectivity index (χ0n) is 23.0. The normalized spacial score (nSPS) is 22.8. The highest BCUT2D eigenvalue weighted by Gasteiger charge is 2.41. The SMILES string of the molecule is N#Cc1ccc(N2CCC3(CCN(c4ccc(OC5CCN(CC6CCCCC6)CC5)nn4)CC3)C2)cc1Cl. The highest BCUT2D eigenvalue weighted by Crippen LogP contribution is 2.43. The van der Waals surface area contributed by atoms with Crippen molar-refractivity contribution in [3.05, 3.63) is 40.9 Å². The van der Waals surface area contributed by atoms with Crippen molar-refractivity contribution < 1.29 is 4.74 Å². The molecule has 6 rings (SSSR count). The molecular weight excluding hydrogens is 508 g/mol. The Morgan fingerprint density at radius 1 is 0.897 bits per heavy atom. The zero-order valence-corrected chi connectivity index (χ0v) is 23.8. The average Bonchev–Trinajstić information content (AvgIpc) is 3.39. The standard InChI is InChI=1S/C31H41ClN6O/c32-28-20-26(7-6-25(28)21-33)38-19-14-31(23-38)12-17-37(18-13-31)29-8-9-30(35-34-29)39-27-10-15-36(16-11-27)22-24-4-2-1-3-5-24/h6-9,20,24,27H,1-5,10-19,22-23H2. The topological polar surface area (TPSA) is 68.5 Å². The van der Waals surface area contributed by atoms with Crippen molar-refractivity contribution in [1.29, 1.82) is 5.26 Å². The number of aromatic nitrogens is 2. The maximum atomic E-state index is 9.17. The van der Waals surface area contributed by atoms with Crippen LogP contribution < -0.4 is 14.5 Å². The number of anilines is 2. The molecule has 8 heteroatoms. The van der Waals surface area contributed by atoms with E-state index < -0.39 is 0 Å². The summed E-state index contributed by atoms with van der Waals surface area (Å²) in [7, 11) is 0. The number of hydrogen-bond acceptors (Lipinski definition) is 7. The van der Waals surface area contributed by atoms with Crippen LogP contribution in [0.5, 0.6) is 5.88 Å². The van der Waals surface area contributed by atoms with Gasteiger partial charge >= 0.3 is 0 Å². The third kappa shape index (κ3) is 6.28. The Hall–Kier alpha value is -2.56. The number of hydrogen-bond donors (Lipinski definition) is 0. The number of nitrogens with zero attached hydrogens (tertiary/aromatic N) is 6. The molecular formula is C31H41ClN6O. The predicted octanol–water partition coefficient (Wildman–Crippen LogP) is 5.92. The van der Waals surface area contributed by atoms with Crippen LogP contribution in [0.25, 0.3) is 0 Å². The van der Waals surface area contributed by atoms with Gasteiger partial charge in [-0.25, -0.2) is 0 Å². The minimum Gasteiger partial charge on any atom is -0.473 e. The summed E-state index contributed by atoms with van der Waals surface area (Å²) in [6, 6.07) is 12.0. The Kier molecular flexibility index (Phi) is 8.13. The first-order chi connectivity index (χ1) is 19.1. The Morgan fingerprint density at radius 2 is 1.64 bits per heavy atom. The molecule has 208 valence electrons. The molecule has 4 heterocycles. The molecule has 0 amide bonds. The molecule has 0 atom stereocenters. The van der Waals surface area contributed by atoms with Gasteiger partial charge in [-0.3, -0.25) is 0 Å². The van der Waals surface area contributed by atoms with Crippen molar-refractivity contribution in [2.75, 3.05) is 55.6 Å². The molecule has 1 spiro atoms. The van der Waals surface area contributed by atoms with Gasteiger partial charge in [0.05, 0.1) is 10.6 Å². The number of benzene rings is 1. The molecule has 3 aliphatic heterocycles. The van der Waals surface area contributed by atoms with E-state index in [0.717, 1.165) is 82.4 Å². The van der Waals surface area contributed by atoms with Gasteiger partial charge in [-0.15, -0.1) is 10.2 Å². The Morgan fingerprint density at radius 3 is 2.31 bits per heavy atom. The highest BCUT2D eigenvalue weighted by atomic mass is 35.5. The highest BCUT2D eigenvalue weighted by molar-refractivity contribution is 6.32. The first-order valence-electron chi connectivity index (χ1n) is 15.0. The monoisotopic (exact) mass is 548 g/mol. The van der Waals surface area contributed by atoms with Crippen LogP contribution in [0.15, 0.2) is 30.3 Å². The van der Waals surface area contributed by atoms with Crippen molar-refractivity contribution in [2.24, 2.45) is 11.3 Å². The van der Waals surface area contributed by atoms with Crippen LogP contribution in [-0.2, 0) is 0 Å². The summed E-state index contributed by atoms with van der Waals surface area (Å²) in [5.41, 5.74) is 1.99. The van der Waals surface area contributed by atoms with Gasteiger partial charge < -0.3 is 19.4 Å². The number of likely N-dealkylation sites (tertiary alicyclic amines) is 1. The summed E-state index contributed by atoms with van der Waals surface area (Å²) in [6.45, 7) is 7.62. The average molecular weight is 549 g/mol. The first-order valence-corrected chi connectivity index (χ1v) is 15.4. The lowest BCUT2D eigenvalue weighted by atomic mass is 9.78. The molecule has 1 aromatic heterocycles. The molecule has 1 aliphatic carbocycles. The maximum Gasteiger partial charge on any atom is 0.233 e. The van der Waals surface area contributed by atoms with Crippen LogP contribution in [0.2, 0.25) is 5.02 Å². The van der Waals surface area contributed by atoms with E-state index in [-0.39, 0.29) is 6.10 Å². The molecule has 39 heavy (non-hydrogen) atoms. The van der Waals surface area contributed by atoms with Crippen molar-refractivity contribution >= 4 is 23.1 Å². The lowest BCUT2D eigenvalue weighted by Crippen LogP contribution is -2.42. The van der Waals surface area contributed by atoms with E-state index in [1.54, 1.807) is 0 Å². The summed E-state index contributed by atoms with van der Waals surface area (Å²) in [4.78, 5) is 7.44.